The molecule has 0 aliphatic rings. The van der Waals surface area contributed by atoms with Gasteiger partial charge < -0.3 is 9.67 Å². The van der Waals surface area contributed by atoms with Crippen LogP contribution < -0.4 is 0 Å². The summed E-state index contributed by atoms with van der Waals surface area (Å²) < 4.78 is 29.4. The highest BCUT2D eigenvalue weighted by Gasteiger charge is 2.19. The number of nitrogens with zero attached hydrogens (tertiary/aromatic N) is 3. The van der Waals surface area contributed by atoms with E-state index < -0.39 is 11.6 Å². The van der Waals surface area contributed by atoms with Crippen LogP contribution in [0.3, 0.4) is 0 Å². The van der Waals surface area contributed by atoms with Gasteiger partial charge in [0, 0.05) is 29.9 Å². The highest BCUT2D eigenvalue weighted by molar-refractivity contribution is 5.96. The summed E-state index contributed by atoms with van der Waals surface area (Å²) in [5.41, 5.74) is 1.09. The van der Waals surface area contributed by atoms with Gasteiger partial charge in [0.05, 0.1) is 12.1 Å². The third-order valence-corrected chi connectivity index (χ3v) is 4.03. The summed E-state index contributed by atoms with van der Waals surface area (Å²) in [5, 5.41) is 11.2. The Morgan fingerprint density at radius 1 is 1.04 bits per heavy atom. The predicted molar refractivity (Wildman–Crippen MR) is 87.5 cm³/mol. The quantitative estimate of drug-likeness (QED) is 0.627. The third-order valence-electron chi connectivity index (χ3n) is 4.03. The molecule has 0 bridgehead atoms. The summed E-state index contributed by atoms with van der Waals surface area (Å²) in [6, 6.07) is 10.1. The summed E-state index contributed by atoms with van der Waals surface area (Å²) >= 11 is 0. The Hall–Kier alpha value is -2.86. The van der Waals surface area contributed by atoms with Crippen LogP contribution in [0.2, 0.25) is 0 Å². The molecule has 0 atom stereocenters. The Morgan fingerprint density at radius 2 is 1.88 bits per heavy atom. The van der Waals surface area contributed by atoms with E-state index in [0.29, 0.717) is 16.9 Å². The van der Waals surface area contributed by atoms with Gasteiger partial charge in [-0.05, 0) is 17.5 Å². The summed E-state index contributed by atoms with van der Waals surface area (Å²) in [6.45, 7) is -0.109. The van der Waals surface area contributed by atoms with Gasteiger partial charge in [0.1, 0.15) is 11.3 Å². The van der Waals surface area contributed by atoms with Crippen molar-refractivity contribution in [2.75, 3.05) is 6.61 Å². The van der Waals surface area contributed by atoms with Crippen molar-refractivity contribution in [3.8, 4) is 11.4 Å². The minimum atomic E-state index is -0.965. The predicted octanol–water partition coefficient (Wildman–Crippen LogP) is 3.52. The van der Waals surface area contributed by atoms with Gasteiger partial charge in [0.15, 0.2) is 11.6 Å². The topological polar surface area (TPSA) is 50.9 Å². The second-order valence-corrected chi connectivity index (χ2v) is 5.45. The van der Waals surface area contributed by atoms with Gasteiger partial charge in [-0.15, -0.1) is 0 Å². The van der Waals surface area contributed by atoms with Crippen LogP contribution in [-0.2, 0) is 6.54 Å². The molecule has 2 aromatic carbocycles. The van der Waals surface area contributed by atoms with Crippen molar-refractivity contribution in [2.45, 2.75) is 6.54 Å². The number of rotatable bonds is 3. The maximum absolute atomic E-state index is 14.3. The molecule has 0 radical (unpaired) electrons. The standard InChI is InChI=1S/C18H13F2N3O/c19-14-5-6-15-17(16(14)20)23(7-8-24)18(22-15)13-10-21-9-11-3-1-2-4-12(11)13/h1-6,9-10,24H,7-8H2. The molecule has 0 saturated heterocycles. The number of pyridine rings is 1. The zero-order chi connectivity index (χ0) is 16.7. The van der Waals surface area contributed by atoms with Crippen molar-refractivity contribution in [1.29, 1.82) is 0 Å². The zero-order valence-corrected chi connectivity index (χ0v) is 12.6. The first-order valence-electron chi connectivity index (χ1n) is 7.49. The summed E-state index contributed by atoms with van der Waals surface area (Å²) in [6.07, 6.45) is 3.38. The van der Waals surface area contributed by atoms with Crippen molar-refractivity contribution >= 4 is 21.8 Å². The molecule has 2 heterocycles. The second-order valence-electron chi connectivity index (χ2n) is 5.45. The van der Waals surface area contributed by atoms with Gasteiger partial charge in [-0.2, -0.15) is 0 Å². The maximum atomic E-state index is 14.3. The molecule has 1 N–H and O–H groups in total. The van der Waals surface area contributed by atoms with Gasteiger partial charge in [0.25, 0.3) is 0 Å². The first-order valence-corrected chi connectivity index (χ1v) is 7.49. The van der Waals surface area contributed by atoms with Gasteiger partial charge in [0.2, 0.25) is 0 Å². The molecule has 24 heavy (non-hydrogen) atoms. The number of fused-ring (bicyclic) bond motifs is 2. The number of imidazole rings is 1. The molecule has 120 valence electrons. The molecule has 4 nitrogen and oxygen atoms in total. The Kier molecular flexibility index (Phi) is 3.46. The Labute approximate surface area is 136 Å². The number of aromatic nitrogens is 3. The fraction of sp³-hybridized carbons (Fsp3) is 0.111. The van der Waals surface area contributed by atoms with Crippen LogP contribution in [0.1, 0.15) is 0 Å². The number of aliphatic hydroxyl groups excluding tert-OH is 1. The van der Waals surface area contributed by atoms with E-state index in [4.69, 9.17) is 0 Å². The van der Waals surface area contributed by atoms with Gasteiger partial charge in [-0.1, -0.05) is 24.3 Å². The van der Waals surface area contributed by atoms with Crippen LogP contribution in [0.5, 0.6) is 0 Å². The van der Waals surface area contributed by atoms with E-state index >= 15 is 0 Å². The van der Waals surface area contributed by atoms with E-state index in [-0.39, 0.29) is 18.7 Å². The van der Waals surface area contributed by atoms with E-state index in [1.807, 2.05) is 24.3 Å². The first kappa shape index (κ1) is 14.7. The minimum Gasteiger partial charge on any atom is -0.395 e. The largest absolute Gasteiger partial charge is 0.395 e. The highest BCUT2D eigenvalue weighted by Crippen LogP contribution is 2.31. The van der Waals surface area contributed by atoms with E-state index in [2.05, 4.69) is 9.97 Å². The maximum Gasteiger partial charge on any atom is 0.184 e. The minimum absolute atomic E-state index is 0.0481. The normalized spacial score (nSPS) is 11.5. The lowest BCUT2D eigenvalue weighted by atomic mass is 10.1. The SMILES string of the molecule is OCCn1c(-c2cncc3ccccc23)nc2ccc(F)c(F)c21. The molecule has 0 amide bonds. The monoisotopic (exact) mass is 325 g/mol. The number of hydrogen-bond donors (Lipinski definition) is 1. The van der Waals surface area contributed by atoms with Crippen LogP contribution in [0.15, 0.2) is 48.8 Å². The van der Waals surface area contributed by atoms with Crippen LogP contribution in [0.25, 0.3) is 33.2 Å². The average Bonchev–Trinajstić information content (AvgIpc) is 2.97. The van der Waals surface area contributed by atoms with Crippen LogP contribution in [0, 0.1) is 11.6 Å². The van der Waals surface area contributed by atoms with Crippen LogP contribution in [0.4, 0.5) is 8.78 Å². The molecule has 4 rings (SSSR count). The van der Waals surface area contributed by atoms with E-state index in [1.165, 1.54) is 10.6 Å². The fourth-order valence-corrected chi connectivity index (χ4v) is 2.98. The second kappa shape index (κ2) is 5.65. The molecular formula is C18H13F2N3O. The Bertz CT molecular complexity index is 1050. The Morgan fingerprint density at radius 3 is 2.71 bits per heavy atom. The van der Waals surface area contributed by atoms with Gasteiger partial charge in [-0.3, -0.25) is 4.98 Å². The van der Waals surface area contributed by atoms with E-state index in [9.17, 15) is 13.9 Å². The molecular weight excluding hydrogens is 312 g/mol. The molecule has 0 saturated carbocycles. The summed E-state index contributed by atoms with van der Waals surface area (Å²) in [4.78, 5) is 8.68. The lowest BCUT2D eigenvalue weighted by Crippen LogP contribution is -2.06. The lowest BCUT2D eigenvalue weighted by Gasteiger charge is -2.10. The molecule has 0 aliphatic carbocycles. The smallest absolute Gasteiger partial charge is 0.184 e. The summed E-state index contributed by atoms with van der Waals surface area (Å²) in [7, 11) is 0. The Balaban J connectivity index is 2.09. The third kappa shape index (κ3) is 2.15. The molecule has 0 unspecified atom stereocenters. The zero-order valence-electron chi connectivity index (χ0n) is 12.6. The molecule has 4 aromatic rings. The van der Waals surface area contributed by atoms with Crippen LogP contribution >= 0.6 is 0 Å². The molecule has 0 fully saturated rings. The van der Waals surface area contributed by atoms with E-state index in [0.717, 1.165) is 16.8 Å². The summed E-state index contributed by atoms with van der Waals surface area (Å²) in [5.74, 6) is -1.45. The highest BCUT2D eigenvalue weighted by atomic mass is 19.2. The van der Waals surface area contributed by atoms with Gasteiger partial charge >= 0.3 is 0 Å². The first-order chi connectivity index (χ1) is 11.7. The molecule has 0 aliphatic heterocycles. The van der Waals surface area contributed by atoms with Crippen molar-refractivity contribution in [3.05, 3.63) is 60.4 Å². The van der Waals surface area contributed by atoms with Crippen molar-refractivity contribution in [3.63, 3.8) is 0 Å². The number of halogens is 2. The average molecular weight is 325 g/mol. The number of hydrogen-bond acceptors (Lipinski definition) is 3. The van der Waals surface area contributed by atoms with Crippen molar-refractivity contribution < 1.29 is 13.9 Å². The number of benzene rings is 2. The molecule has 6 heteroatoms. The fourth-order valence-electron chi connectivity index (χ4n) is 2.98. The van der Waals surface area contributed by atoms with Crippen molar-refractivity contribution in [2.24, 2.45) is 0 Å². The molecule has 2 aromatic heterocycles. The number of aliphatic hydroxyl groups is 1. The van der Waals surface area contributed by atoms with E-state index in [1.54, 1.807) is 12.4 Å². The molecule has 0 spiro atoms. The van der Waals surface area contributed by atoms with Crippen LogP contribution in [-0.4, -0.2) is 26.2 Å². The van der Waals surface area contributed by atoms with Crippen molar-refractivity contribution in [1.82, 2.24) is 14.5 Å². The lowest BCUT2D eigenvalue weighted by molar-refractivity contribution is 0.278. The van der Waals surface area contributed by atoms with Gasteiger partial charge in [-0.25, -0.2) is 13.8 Å².